The number of nitrogens with one attached hydrogen (secondary N) is 1. The maximum atomic E-state index is 11.8. The van der Waals surface area contributed by atoms with E-state index in [0.717, 1.165) is 41.5 Å². The second kappa shape index (κ2) is 8.72. The van der Waals surface area contributed by atoms with Gasteiger partial charge in [0.1, 0.15) is 18.4 Å². The van der Waals surface area contributed by atoms with Gasteiger partial charge in [-0.15, -0.1) is 0 Å². The predicted octanol–water partition coefficient (Wildman–Crippen LogP) is 3.44. The van der Waals surface area contributed by atoms with E-state index in [-0.39, 0.29) is 18.6 Å². The number of methoxy groups -OCH3 is 1. The molecule has 0 aromatic heterocycles. The van der Waals surface area contributed by atoms with Gasteiger partial charge >= 0.3 is 5.97 Å². The van der Waals surface area contributed by atoms with Gasteiger partial charge in [0.2, 0.25) is 0 Å². The minimum absolute atomic E-state index is 0.116. The first-order valence-corrected chi connectivity index (χ1v) is 8.92. The van der Waals surface area contributed by atoms with Crippen LogP contribution in [0, 0.1) is 6.92 Å². The molecule has 1 saturated heterocycles. The lowest BCUT2D eigenvalue weighted by atomic mass is 10.0. The van der Waals surface area contributed by atoms with E-state index in [1.165, 1.54) is 5.56 Å². The molecule has 0 aliphatic carbocycles. The fourth-order valence-electron chi connectivity index (χ4n) is 3.18. The van der Waals surface area contributed by atoms with Crippen molar-refractivity contribution in [1.82, 2.24) is 5.32 Å². The molecule has 0 saturated carbocycles. The molecular formula is C21H25NO4. The van der Waals surface area contributed by atoms with Gasteiger partial charge in [0.25, 0.3) is 0 Å². The molecule has 1 heterocycles. The van der Waals surface area contributed by atoms with Gasteiger partial charge in [0.15, 0.2) is 0 Å². The van der Waals surface area contributed by atoms with Crippen molar-refractivity contribution >= 4 is 22.8 Å². The third-order valence-corrected chi connectivity index (χ3v) is 4.45. The summed E-state index contributed by atoms with van der Waals surface area (Å²) in [6.07, 6.45) is 5.37. The summed E-state index contributed by atoms with van der Waals surface area (Å²) in [5, 5.41) is 5.23. The molecule has 1 aliphatic heterocycles. The Kier molecular flexibility index (Phi) is 6.12. The highest BCUT2D eigenvalue weighted by atomic mass is 16.6. The van der Waals surface area contributed by atoms with Crippen LogP contribution < -0.4 is 10.1 Å². The number of carbonyl (C=O) groups is 1. The molecule has 26 heavy (non-hydrogen) atoms. The van der Waals surface area contributed by atoms with E-state index in [9.17, 15) is 4.79 Å². The van der Waals surface area contributed by atoms with Crippen LogP contribution in [0.15, 0.2) is 36.5 Å². The summed E-state index contributed by atoms with van der Waals surface area (Å²) < 4.78 is 16.2. The lowest BCUT2D eigenvalue weighted by Crippen LogP contribution is -2.31. The number of fused-ring (bicyclic) bond motifs is 1. The van der Waals surface area contributed by atoms with Crippen molar-refractivity contribution in [1.29, 1.82) is 0 Å². The van der Waals surface area contributed by atoms with E-state index in [4.69, 9.17) is 14.2 Å². The number of hydrogen-bond acceptors (Lipinski definition) is 5. The molecule has 1 fully saturated rings. The molecule has 0 spiro atoms. The molecule has 1 atom stereocenters. The lowest BCUT2D eigenvalue weighted by Gasteiger charge is -2.22. The first-order chi connectivity index (χ1) is 12.7. The smallest absolute Gasteiger partial charge is 0.325 e. The molecule has 5 nitrogen and oxygen atoms in total. The van der Waals surface area contributed by atoms with Crippen LogP contribution in [0.3, 0.4) is 0 Å². The Labute approximate surface area is 153 Å². The topological polar surface area (TPSA) is 56.8 Å². The number of benzene rings is 2. The normalized spacial score (nSPS) is 17.4. The van der Waals surface area contributed by atoms with Gasteiger partial charge in [0.05, 0.1) is 13.7 Å². The van der Waals surface area contributed by atoms with E-state index in [0.29, 0.717) is 6.61 Å². The van der Waals surface area contributed by atoms with E-state index in [2.05, 4.69) is 30.4 Å². The SMILES string of the molecule is COc1cc(/C=C/NCC(=O)O[C@@H]2CCCOC2)cc2cccc(C)c12. The van der Waals surface area contributed by atoms with Crippen LogP contribution in [0.5, 0.6) is 5.75 Å². The average molecular weight is 355 g/mol. The standard InChI is InChI=1S/C21H25NO4/c1-15-5-3-6-17-11-16(12-19(24-2)21(15)17)8-9-22-13-20(23)26-18-7-4-10-25-14-18/h3,5-6,8-9,11-12,18,22H,4,7,10,13-14H2,1-2H3/b9-8+/t18-/m1/s1. The Bertz CT molecular complexity index is 794. The summed E-state index contributed by atoms with van der Waals surface area (Å²) in [6, 6.07) is 10.3. The second-order valence-corrected chi connectivity index (χ2v) is 6.44. The number of hydrogen-bond donors (Lipinski definition) is 1. The molecule has 0 unspecified atom stereocenters. The molecule has 3 rings (SSSR count). The van der Waals surface area contributed by atoms with Crippen molar-refractivity contribution in [2.75, 3.05) is 26.9 Å². The van der Waals surface area contributed by atoms with Crippen LogP contribution in [0.1, 0.15) is 24.0 Å². The zero-order chi connectivity index (χ0) is 18.4. The number of ether oxygens (including phenoxy) is 3. The number of esters is 1. The third kappa shape index (κ3) is 4.55. The van der Waals surface area contributed by atoms with Crippen LogP contribution in [0.25, 0.3) is 16.8 Å². The molecule has 138 valence electrons. The van der Waals surface area contributed by atoms with Gasteiger partial charge in [-0.05, 0) is 60.7 Å². The first-order valence-electron chi connectivity index (χ1n) is 8.92. The predicted molar refractivity (Wildman–Crippen MR) is 102 cm³/mol. The highest BCUT2D eigenvalue weighted by Gasteiger charge is 2.17. The summed E-state index contributed by atoms with van der Waals surface area (Å²) in [4.78, 5) is 11.8. The van der Waals surface area contributed by atoms with Crippen LogP contribution in [-0.2, 0) is 14.3 Å². The van der Waals surface area contributed by atoms with Crippen molar-refractivity contribution in [3.05, 3.63) is 47.7 Å². The Morgan fingerprint density at radius 3 is 3.04 bits per heavy atom. The van der Waals surface area contributed by atoms with E-state index >= 15 is 0 Å². The van der Waals surface area contributed by atoms with Crippen molar-refractivity contribution in [2.24, 2.45) is 0 Å². The Hall–Kier alpha value is -2.53. The van der Waals surface area contributed by atoms with Crippen LogP contribution in [-0.4, -0.2) is 38.9 Å². The summed E-state index contributed by atoms with van der Waals surface area (Å²) in [5.41, 5.74) is 2.18. The molecular weight excluding hydrogens is 330 g/mol. The zero-order valence-corrected chi connectivity index (χ0v) is 15.3. The molecule has 0 amide bonds. The zero-order valence-electron chi connectivity index (χ0n) is 15.3. The molecule has 1 N–H and O–H groups in total. The minimum atomic E-state index is -0.267. The average Bonchev–Trinajstić information content (AvgIpc) is 2.65. The summed E-state index contributed by atoms with van der Waals surface area (Å²) >= 11 is 0. The van der Waals surface area contributed by atoms with E-state index in [1.807, 2.05) is 18.2 Å². The summed E-state index contributed by atoms with van der Waals surface area (Å²) in [5.74, 6) is 0.578. The van der Waals surface area contributed by atoms with Gasteiger partial charge in [0, 0.05) is 12.0 Å². The third-order valence-electron chi connectivity index (χ3n) is 4.45. The Morgan fingerprint density at radius 2 is 2.27 bits per heavy atom. The van der Waals surface area contributed by atoms with E-state index < -0.39 is 0 Å². The maximum absolute atomic E-state index is 11.8. The molecule has 2 aromatic rings. The highest BCUT2D eigenvalue weighted by molar-refractivity contribution is 5.93. The van der Waals surface area contributed by atoms with Gasteiger partial charge in [-0.3, -0.25) is 4.79 Å². The number of carbonyl (C=O) groups excluding carboxylic acids is 1. The molecule has 1 aliphatic rings. The van der Waals surface area contributed by atoms with Crippen LogP contribution in [0.4, 0.5) is 0 Å². The fourth-order valence-corrected chi connectivity index (χ4v) is 3.18. The van der Waals surface area contributed by atoms with Gasteiger partial charge in [-0.2, -0.15) is 0 Å². The van der Waals surface area contributed by atoms with Gasteiger partial charge in [-0.25, -0.2) is 0 Å². The van der Waals surface area contributed by atoms with Crippen LogP contribution in [0.2, 0.25) is 0 Å². The Balaban J connectivity index is 1.59. The van der Waals surface area contributed by atoms with Crippen molar-refractivity contribution in [3.63, 3.8) is 0 Å². The Morgan fingerprint density at radius 1 is 1.38 bits per heavy atom. The van der Waals surface area contributed by atoms with Crippen molar-refractivity contribution < 1.29 is 19.0 Å². The first kappa shape index (κ1) is 18.3. The molecule has 0 bridgehead atoms. The largest absolute Gasteiger partial charge is 0.496 e. The highest BCUT2D eigenvalue weighted by Crippen LogP contribution is 2.30. The molecule has 2 aromatic carbocycles. The number of rotatable bonds is 6. The second-order valence-electron chi connectivity index (χ2n) is 6.44. The lowest BCUT2D eigenvalue weighted by molar-refractivity contribution is -0.153. The summed E-state index contributed by atoms with van der Waals surface area (Å²) in [6.45, 7) is 3.46. The molecule has 5 heteroatoms. The monoisotopic (exact) mass is 355 g/mol. The van der Waals surface area contributed by atoms with E-state index in [1.54, 1.807) is 13.3 Å². The quantitative estimate of drug-likeness (QED) is 0.805. The number of aryl methyl sites for hydroxylation is 1. The molecule has 0 radical (unpaired) electrons. The van der Waals surface area contributed by atoms with Gasteiger partial charge in [-0.1, -0.05) is 18.2 Å². The minimum Gasteiger partial charge on any atom is -0.496 e. The summed E-state index contributed by atoms with van der Waals surface area (Å²) in [7, 11) is 1.68. The fraction of sp³-hybridized carbons (Fsp3) is 0.381. The van der Waals surface area contributed by atoms with Gasteiger partial charge < -0.3 is 19.5 Å². The van der Waals surface area contributed by atoms with Crippen LogP contribution >= 0.6 is 0 Å². The maximum Gasteiger partial charge on any atom is 0.325 e. The van der Waals surface area contributed by atoms with Crippen molar-refractivity contribution in [3.8, 4) is 5.75 Å². The van der Waals surface area contributed by atoms with Crippen molar-refractivity contribution in [2.45, 2.75) is 25.9 Å².